The van der Waals surface area contributed by atoms with Crippen LogP contribution >= 0.6 is 0 Å². The Bertz CT molecular complexity index is 547. The first-order valence-electron chi connectivity index (χ1n) is 5.16. The van der Waals surface area contributed by atoms with Crippen LogP contribution in [0.2, 0.25) is 0 Å². The zero-order valence-corrected chi connectivity index (χ0v) is 9.69. The number of anilines is 1. The van der Waals surface area contributed by atoms with E-state index in [0.717, 1.165) is 28.6 Å². The molecule has 0 atom stereocenters. The molecule has 0 fully saturated rings. The summed E-state index contributed by atoms with van der Waals surface area (Å²) in [5, 5.41) is 1.01. The van der Waals surface area contributed by atoms with Gasteiger partial charge in [0.05, 0.1) is 5.52 Å². The summed E-state index contributed by atoms with van der Waals surface area (Å²) in [4.78, 5) is 17.2. The van der Waals surface area contributed by atoms with Crippen molar-refractivity contribution in [3.05, 3.63) is 35.5 Å². The van der Waals surface area contributed by atoms with Gasteiger partial charge in [0.15, 0.2) is 0 Å². The van der Waals surface area contributed by atoms with Gasteiger partial charge in [-0.05, 0) is 31.2 Å². The number of aromatic nitrogens is 1. The lowest BCUT2D eigenvalue weighted by Crippen LogP contribution is -2.10. The summed E-state index contributed by atoms with van der Waals surface area (Å²) in [6, 6.07) is 7.58. The topological polar surface area (TPSA) is 33.2 Å². The molecule has 0 aliphatic rings. The highest BCUT2D eigenvalue weighted by Crippen LogP contribution is 2.25. The third-order valence-corrected chi connectivity index (χ3v) is 2.56. The normalized spacial score (nSPS) is 10.4. The monoisotopic (exact) mass is 214 g/mol. The molecule has 2 rings (SSSR count). The first-order valence-corrected chi connectivity index (χ1v) is 5.16. The van der Waals surface area contributed by atoms with Gasteiger partial charge in [-0.3, -0.25) is 9.78 Å². The molecule has 0 unspecified atom stereocenters. The molecular formula is C13H14N2O. The second-order valence-corrected chi connectivity index (χ2v) is 4.07. The smallest absolute Gasteiger partial charge is 0.150 e. The fourth-order valence-corrected chi connectivity index (χ4v) is 1.80. The lowest BCUT2D eigenvalue weighted by atomic mass is 10.1. The summed E-state index contributed by atoms with van der Waals surface area (Å²) in [7, 11) is 3.98. The van der Waals surface area contributed by atoms with Crippen LogP contribution in [0.3, 0.4) is 0 Å². The van der Waals surface area contributed by atoms with Gasteiger partial charge in [-0.15, -0.1) is 0 Å². The summed E-state index contributed by atoms with van der Waals surface area (Å²) in [5.41, 5.74) is 3.68. The van der Waals surface area contributed by atoms with Crippen LogP contribution in [0.4, 0.5) is 5.69 Å². The van der Waals surface area contributed by atoms with E-state index in [2.05, 4.69) is 4.98 Å². The third kappa shape index (κ3) is 1.76. The zero-order chi connectivity index (χ0) is 11.7. The van der Waals surface area contributed by atoms with Crippen LogP contribution in [0.25, 0.3) is 10.9 Å². The predicted octanol–water partition coefficient (Wildman–Crippen LogP) is 2.42. The van der Waals surface area contributed by atoms with Crippen LogP contribution in [-0.2, 0) is 0 Å². The molecule has 0 saturated heterocycles. The number of hydrogen-bond donors (Lipinski definition) is 0. The van der Waals surface area contributed by atoms with Gasteiger partial charge in [0.1, 0.15) is 6.29 Å². The largest absolute Gasteiger partial charge is 0.377 e. The van der Waals surface area contributed by atoms with E-state index in [-0.39, 0.29) is 0 Å². The molecule has 0 radical (unpaired) electrons. The lowest BCUT2D eigenvalue weighted by molar-refractivity contribution is 0.112. The van der Waals surface area contributed by atoms with Crippen molar-refractivity contribution in [1.29, 1.82) is 0 Å². The van der Waals surface area contributed by atoms with E-state index in [4.69, 9.17) is 0 Å². The lowest BCUT2D eigenvalue weighted by Gasteiger charge is -2.16. The fraction of sp³-hybridized carbons (Fsp3) is 0.231. The molecule has 0 bridgehead atoms. The highest BCUT2D eigenvalue weighted by Gasteiger charge is 2.06. The molecule has 3 heteroatoms. The average molecular weight is 214 g/mol. The van der Waals surface area contributed by atoms with Gasteiger partial charge in [0.25, 0.3) is 0 Å². The summed E-state index contributed by atoms with van der Waals surface area (Å²) >= 11 is 0. The Hall–Kier alpha value is -1.90. The molecule has 3 nitrogen and oxygen atoms in total. The number of aryl methyl sites for hydroxylation is 1. The fourth-order valence-electron chi connectivity index (χ4n) is 1.80. The number of fused-ring (bicyclic) bond motifs is 1. The summed E-state index contributed by atoms with van der Waals surface area (Å²) < 4.78 is 0. The Morgan fingerprint density at radius 1 is 1.25 bits per heavy atom. The molecule has 1 aromatic heterocycles. The molecular weight excluding hydrogens is 200 g/mol. The third-order valence-electron chi connectivity index (χ3n) is 2.56. The van der Waals surface area contributed by atoms with Gasteiger partial charge in [0.2, 0.25) is 0 Å². The number of hydrogen-bond acceptors (Lipinski definition) is 3. The quantitative estimate of drug-likeness (QED) is 0.720. The Balaban J connectivity index is 2.80. The second kappa shape index (κ2) is 3.93. The van der Waals surface area contributed by atoms with E-state index >= 15 is 0 Å². The first kappa shape index (κ1) is 10.6. The van der Waals surface area contributed by atoms with Gasteiger partial charge >= 0.3 is 0 Å². The van der Waals surface area contributed by atoms with E-state index < -0.39 is 0 Å². The van der Waals surface area contributed by atoms with Crippen molar-refractivity contribution >= 4 is 22.9 Å². The highest BCUT2D eigenvalue weighted by atomic mass is 16.1. The minimum atomic E-state index is 0.682. The van der Waals surface area contributed by atoms with Crippen LogP contribution in [-0.4, -0.2) is 25.4 Å². The Labute approximate surface area is 94.7 Å². The number of rotatable bonds is 2. The van der Waals surface area contributed by atoms with Crippen molar-refractivity contribution in [2.24, 2.45) is 0 Å². The van der Waals surface area contributed by atoms with Crippen molar-refractivity contribution in [1.82, 2.24) is 4.98 Å². The minimum absolute atomic E-state index is 0.682. The minimum Gasteiger partial charge on any atom is -0.377 e. The molecule has 1 aromatic carbocycles. The predicted molar refractivity (Wildman–Crippen MR) is 66.2 cm³/mol. The van der Waals surface area contributed by atoms with Gasteiger partial charge in [0, 0.05) is 36.4 Å². The molecule has 82 valence electrons. The molecule has 16 heavy (non-hydrogen) atoms. The number of aldehydes is 1. The second-order valence-electron chi connectivity index (χ2n) is 4.07. The average Bonchev–Trinajstić information content (AvgIpc) is 2.27. The summed E-state index contributed by atoms with van der Waals surface area (Å²) in [5.74, 6) is 0. The molecule has 1 heterocycles. The van der Waals surface area contributed by atoms with E-state index in [1.807, 2.05) is 44.1 Å². The molecule has 0 spiro atoms. The number of nitrogens with zero attached hydrogens (tertiary/aromatic N) is 2. The maximum atomic E-state index is 10.8. The molecule has 0 aliphatic heterocycles. The van der Waals surface area contributed by atoms with Gasteiger partial charge in [-0.1, -0.05) is 0 Å². The maximum absolute atomic E-state index is 10.8. The van der Waals surface area contributed by atoms with Crippen molar-refractivity contribution in [3.63, 3.8) is 0 Å². The van der Waals surface area contributed by atoms with Crippen LogP contribution in [0.15, 0.2) is 24.3 Å². The van der Waals surface area contributed by atoms with E-state index in [9.17, 15) is 4.79 Å². The van der Waals surface area contributed by atoms with E-state index in [1.54, 1.807) is 6.07 Å². The molecule has 0 amide bonds. The number of benzene rings is 1. The summed E-state index contributed by atoms with van der Waals surface area (Å²) in [6.07, 6.45) is 0.860. The SMILES string of the molecule is Cc1cc(N(C)C)c2cc(C=O)ccc2n1. The Kier molecular flexibility index (Phi) is 2.60. The van der Waals surface area contributed by atoms with Crippen molar-refractivity contribution < 1.29 is 4.79 Å². The van der Waals surface area contributed by atoms with Crippen molar-refractivity contribution in [3.8, 4) is 0 Å². The molecule has 0 aliphatic carbocycles. The first-order chi connectivity index (χ1) is 7.61. The van der Waals surface area contributed by atoms with Gasteiger partial charge in [-0.25, -0.2) is 0 Å². The summed E-state index contributed by atoms with van der Waals surface area (Å²) in [6.45, 7) is 1.97. The van der Waals surface area contributed by atoms with Crippen molar-refractivity contribution in [2.45, 2.75) is 6.92 Å². The standard InChI is InChI=1S/C13H14N2O/c1-9-6-13(15(2)3)11-7-10(8-16)4-5-12(11)14-9/h4-8H,1-3H3. The van der Waals surface area contributed by atoms with Gasteiger partial charge < -0.3 is 4.90 Å². The molecule has 0 N–H and O–H groups in total. The van der Waals surface area contributed by atoms with Crippen LogP contribution < -0.4 is 4.90 Å². The maximum Gasteiger partial charge on any atom is 0.150 e. The number of pyridine rings is 1. The van der Waals surface area contributed by atoms with E-state index in [0.29, 0.717) is 5.56 Å². The molecule has 0 saturated carbocycles. The number of carbonyl (C=O) groups is 1. The van der Waals surface area contributed by atoms with E-state index in [1.165, 1.54) is 0 Å². The van der Waals surface area contributed by atoms with Gasteiger partial charge in [-0.2, -0.15) is 0 Å². The van der Waals surface area contributed by atoms with Crippen LogP contribution in [0.1, 0.15) is 16.1 Å². The van der Waals surface area contributed by atoms with Crippen LogP contribution in [0, 0.1) is 6.92 Å². The molecule has 2 aromatic rings. The highest BCUT2D eigenvalue weighted by molar-refractivity contribution is 5.95. The Morgan fingerprint density at radius 2 is 2.00 bits per heavy atom. The van der Waals surface area contributed by atoms with Crippen molar-refractivity contribution in [2.75, 3.05) is 19.0 Å². The Morgan fingerprint density at radius 3 is 2.62 bits per heavy atom. The number of carbonyl (C=O) groups excluding carboxylic acids is 1. The zero-order valence-electron chi connectivity index (χ0n) is 9.69. The van der Waals surface area contributed by atoms with Crippen LogP contribution in [0.5, 0.6) is 0 Å².